The van der Waals surface area contributed by atoms with Crippen molar-refractivity contribution in [3.63, 3.8) is 0 Å². The molecule has 8 nitrogen and oxygen atoms in total. The Bertz CT molecular complexity index is 566. The molecule has 4 amide bonds. The molecule has 2 rings (SSSR count). The second kappa shape index (κ2) is 7.92. The number of carbonyl (C=O) groups is 4. The molecule has 148 valence electrons. The highest BCUT2D eigenvalue weighted by Crippen LogP contribution is 2.61. The molecule has 1 aliphatic carbocycles. The molecule has 11 heteroatoms. The zero-order chi connectivity index (χ0) is 20.3. The largest absolute Gasteiger partial charge is 0.471 e. The van der Waals surface area contributed by atoms with Crippen molar-refractivity contribution in [1.82, 2.24) is 15.5 Å². The Labute approximate surface area is 148 Å². The molecule has 0 aromatic heterocycles. The standard InChI is InChI=1S/C11H15F3N2O2.C4H8N2O2/c1-10(2)6-4-16(5-7(6)10)8(17)3-15-9(18)11(12,13)14;1-3(4(5)8)6-2-7/h6-7H,3-5H2,1-2H3,(H,15,18);2-3H,1H3,(H2,5,8)(H,6,7). The first kappa shape index (κ1) is 21.7. The number of hydrogen-bond acceptors (Lipinski definition) is 4. The topological polar surface area (TPSA) is 122 Å². The zero-order valence-corrected chi connectivity index (χ0v) is 14.7. The van der Waals surface area contributed by atoms with Crippen LogP contribution in [-0.2, 0) is 19.2 Å². The van der Waals surface area contributed by atoms with Crippen molar-refractivity contribution >= 4 is 24.1 Å². The lowest BCUT2D eigenvalue weighted by atomic mass is 10.1. The Morgan fingerprint density at radius 2 is 1.77 bits per heavy atom. The highest BCUT2D eigenvalue weighted by atomic mass is 19.4. The molecule has 2 fully saturated rings. The van der Waals surface area contributed by atoms with E-state index in [4.69, 9.17) is 5.73 Å². The van der Waals surface area contributed by atoms with Crippen molar-refractivity contribution in [2.75, 3.05) is 19.6 Å². The van der Waals surface area contributed by atoms with Gasteiger partial charge in [-0.3, -0.25) is 19.2 Å². The van der Waals surface area contributed by atoms with Gasteiger partial charge in [0.2, 0.25) is 18.2 Å². The molecule has 4 N–H and O–H groups in total. The minimum atomic E-state index is -4.94. The first-order chi connectivity index (χ1) is 11.8. The van der Waals surface area contributed by atoms with Crippen molar-refractivity contribution < 1.29 is 32.3 Å². The Balaban J connectivity index is 0.000000359. The molecule has 0 bridgehead atoms. The summed E-state index contributed by atoms with van der Waals surface area (Å²) >= 11 is 0. The van der Waals surface area contributed by atoms with Gasteiger partial charge < -0.3 is 21.3 Å². The first-order valence-corrected chi connectivity index (χ1v) is 7.94. The van der Waals surface area contributed by atoms with E-state index < -0.39 is 36.5 Å². The van der Waals surface area contributed by atoms with Crippen LogP contribution in [0.25, 0.3) is 0 Å². The predicted molar refractivity (Wildman–Crippen MR) is 84.3 cm³/mol. The number of rotatable bonds is 5. The summed E-state index contributed by atoms with van der Waals surface area (Å²) < 4.78 is 35.7. The fourth-order valence-electron chi connectivity index (χ4n) is 2.89. The molecule has 1 saturated heterocycles. The highest BCUT2D eigenvalue weighted by molar-refractivity contribution is 5.87. The average Bonchev–Trinajstić information content (AvgIpc) is 2.91. The number of nitrogens with one attached hydrogen (secondary N) is 2. The van der Waals surface area contributed by atoms with Crippen molar-refractivity contribution in [3.05, 3.63) is 0 Å². The molecule has 0 aromatic carbocycles. The highest BCUT2D eigenvalue weighted by Gasteiger charge is 2.62. The maximum Gasteiger partial charge on any atom is 0.471 e. The third kappa shape index (κ3) is 5.33. The monoisotopic (exact) mass is 380 g/mol. The quantitative estimate of drug-likeness (QED) is 0.551. The van der Waals surface area contributed by atoms with Crippen molar-refractivity contribution in [2.24, 2.45) is 23.0 Å². The van der Waals surface area contributed by atoms with E-state index >= 15 is 0 Å². The maximum atomic E-state index is 11.9. The number of hydrogen-bond donors (Lipinski definition) is 3. The third-order valence-corrected chi connectivity index (χ3v) is 4.88. The van der Waals surface area contributed by atoms with Crippen LogP contribution in [0.4, 0.5) is 13.2 Å². The second-order valence-electron chi connectivity index (χ2n) is 6.92. The van der Waals surface area contributed by atoms with Gasteiger partial charge in [-0.1, -0.05) is 13.8 Å². The van der Waals surface area contributed by atoms with Crippen molar-refractivity contribution in [1.29, 1.82) is 0 Å². The van der Waals surface area contributed by atoms with Crippen LogP contribution < -0.4 is 16.4 Å². The molecule has 1 saturated carbocycles. The molecule has 1 heterocycles. The summed E-state index contributed by atoms with van der Waals surface area (Å²) in [5, 5.41) is 3.78. The van der Waals surface area contributed by atoms with Gasteiger partial charge in [-0.25, -0.2) is 0 Å². The molecule has 3 unspecified atom stereocenters. The normalized spacial score (nSPS) is 23.7. The Kier molecular flexibility index (Phi) is 6.61. The molecule has 0 aromatic rings. The van der Waals surface area contributed by atoms with E-state index in [1.807, 2.05) is 0 Å². The lowest BCUT2D eigenvalue weighted by Crippen LogP contribution is -2.44. The summed E-state index contributed by atoms with van der Waals surface area (Å²) in [5.74, 6) is -2.16. The van der Waals surface area contributed by atoms with E-state index in [0.717, 1.165) is 0 Å². The number of nitrogens with zero attached hydrogens (tertiary/aromatic N) is 1. The molecule has 0 radical (unpaired) electrons. The summed E-state index contributed by atoms with van der Waals surface area (Å²) in [5.41, 5.74) is 5.00. The van der Waals surface area contributed by atoms with Crippen LogP contribution in [0.2, 0.25) is 0 Å². The number of amides is 4. The van der Waals surface area contributed by atoms with E-state index in [1.165, 1.54) is 11.8 Å². The lowest BCUT2D eigenvalue weighted by molar-refractivity contribution is -0.174. The second-order valence-corrected chi connectivity index (χ2v) is 6.92. The van der Waals surface area contributed by atoms with Gasteiger partial charge in [-0.05, 0) is 24.2 Å². The van der Waals surface area contributed by atoms with Gasteiger partial charge in [0.05, 0.1) is 6.54 Å². The van der Waals surface area contributed by atoms with Gasteiger partial charge in [-0.15, -0.1) is 0 Å². The minimum absolute atomic E-state index is 0.242. The van der Waals surface area contributed by atoms with Crippen molar-refractivity contribution in [3.8, 4) is 0 Å². The number of fused-ring (bicyclic) bond motifs is 1. The van der Waals surface area contributed by atoms with E-state index in [0.29, 0.717) is 31.3 Å². The SMILES string of the molecule is CC(NC=O)C(N)=O.CC1(C)C2CN(C(=O)CNC(=O)C(F)(F)F)CC21. The Morgan fingerprint density at radius 1 is 1.27 bits per heavy atom. The smallest absolute Gasteiger partial charge is 0.368 e. The Morgan fingerprint density at radius 3 is 2.12 bits per heavy atom. The molecular formula is C15H23F3N4O4. The van der Waals surface area contributed by atoms with E-state index in [9.17, 15) is 32.3 Å². The summed E-state index contributed by atoms with van der Waals surface area (Å²) in [6.07, 6.45) is -4.50. The number of piperidine rings is 1. The van der Waals surface area contributed by atoms with Crippen LogP contribution in [-0.4, -0.2) is 60.9 Å². The number of carbonyl (C=O) groups excluding carboxylic acids is 4. The number of halogens is 3. The van der Waals surface area contributed by atoms with E-state index in [-0.39, 0.29) is 5.41 Å². The zero-order valence-electron chi connectivity index (χ0n) is 14.7. The van der Waals surface area contributed by atoms with Gasteiger partial charge in [0.1, 0.15) is 6.04 Å². The number of likely N-dealkylation sites (tertiary alicyclic amines) is 1. The summed E-state index contributed by atoms with van der Waals surface area (Å²) in [6, 6.07) is -0.563. The van der Waals surface area contributed by atoms with Crippen molar-refractivity contribution in [2.45, 2.75) is 33.0 Å². The van der Waals surface area contributed by atoms with Crippen LogP contribution in [0.3, 0.4) is 0 Å². The van der Waals surface area contributed by atoms with E-state index in [2.05, 4.69) is 19.2 Å². The van der Waals surface area contributed by atoms with E-state index in [1.54, 1.807) is 5.32 Å². The van der Waals surface area contributed by atoms with Crippen LogP contribution in [0.5, 0.6) is 0 Å². The average molecular weight is 380 g/mol. The van der Waals surface area contributed by atoms with Gasteiger partial charge in [-0.2, -0.15) is 13.2 Å². The van der Waals surface area contributed by atoms with Crippen LogP contribution in [0.1, 0.15) is 20.8 Å². The number of nitrogens with two attached hydrogens (primary N) is 1. The van der Waals surface area contributed by atoms with Crippen LogP contribution >= 0.6 is 0 Å². The minimum Gasteiger partial charge on any atom is -0.368 e. The third-order valence-electron chi connectivity index (χ3n) is 4.88. The fourth-order valence-corrected chi connectivity index (χ4v) is 2.89. The van der Waals surface area contributed by atoms with Gasteiger partial charge in [0.15, 0.2) is 0 Å². The summed E-state index contributed by atoms with van der Waals surface area (Å²) in [4.78, 5) is 43.4. The molecular weight excluding hydrogens is 357 g/mol. The van der Waals surface area contributed by atoms with Gasteiger partial charge in [0.25, 0.3) is 0 Å². The lowest BCUT2D eigenvalue weighted by Gasteiger charge is -2.22. The Hall–Kier alpha value is -2.33. The molecule has 2 aliphatic rings. The number of primary amides is 1. The van der Waals surface area contributed by atoms with Gasteiger partial charge >= 0.3 is 12.1 Å². The maximum absolute atomic E-state index is 11.9. The van der Waals surface area contributed by atoms with Crippen LogP contribution in [0.15, 0.2) is 0 Å². The fraction of sp³-hybridized carbons (Fsp3) is 0.733. The summed E-state index contributed by atoms with van der Waals surface area (Å²) in [7, 11) is 0. The van der Waals surface area contributed by atoms with Gasteiger partial charge in [0, 0.05) is 13.1 Å². The molecule has 1 aliphatic heterocycles. The predicted octanol–water partition coefficient (Wildman–Crippen LogP) is -0.614. The molecule has 26 heavy (non-hydrogen) atoms. The molecule has 0 spiro atoms. The van der Waals surface area contributed by atoms with Crippen LogP contribution in [0, 0.1) is 17.3 Å². The molecule has 3 atom stereocenters. The number of alkyl halides is 3. The first-order valence-electron chi connectivity index (χ1n) is 7.94. The summed E-state index contributed by atoms with van der Waals surface area (Å²) in [6.45, 7) is 6.33.